The first-order valence-corrected chi connectivity index (χ1v) is 10.0. The lowest BCUT2D eigenvalue weighted by Crippen LogP contribution is -2.33. The Hall–Kier alpha value is -2.05. The lowest BCUT2D eigenvalue weighted by molar-refractivity contribution is 0.296. The summed E-state index contributed by atoms with van der Waals surface area (Å²) in [6.45, 7) is 6.05. The topological polar surface area (TPSA) is 80.8 Å². The van der Waals surface area contributed by atoms with Crippen LogP contribution in [0.5, 0.6) is 0 Å². The predicted molar refractivity (Wildman–Crippen MR) is 96.1 cm³/mol. The largest absolute Gasteiger partial charge is 0.424 e. The maximum Gasteiger partial charge on any atom is 0.245 e. The van der Waals surface area contributed by atoms with Crippen molar-refractivity contribution in [3.63, 3.8) is 0 Å². The fourth-order valence-corrected chi connectivity index (χ4v) is 4.78. The first-order valence-electron chi connectivity index (χ1n) is 10.0. The second kappa shape index (κ2) is 5.99. The zero-order chi connectivity index (χ0) is 17.7. The van der Waals surface area contributed by atoms with Crippen molar-refractivity contribution in [3.05, 3.63) is 23.2 Å². The van der Waals surface area contributed by atoms with Crippen LogP contribution in [0.1, 0.15) is 75.0 Å². The van der Waals surface area contributed by atoms with Crippen LogP contribution in [0.15, 0.2) is 4.42 Å². The molecular weight excluding hydrogens is 328 g/mol. The van der Waals surface area contributed by atoms with E-state index in [0.717, 1.165) is 61.5 Å². The van der Waals surface area contributed by atoms with Gasteiger partial charge in [-0.1, -0.05) is 20.3 Å². The van der Waals surface area contributed by atoms with Crippen LogP contribution in [0.25, 0.3) is 0 Å². The minimum atomic E-state index is -0.0285. The molecule has 3 heterocycles. The number of aromatic nitrogens is 5. The Balaban J connectivity index is 1.45. The number of rotatable bonds is 5. The van der Waals surface area contributed by atoms with Crippen LogP contribution in [0.2, 0.25) is 0 Å². The van der Waals surface area contributed by atoms with Gasteiger partial charge in [-0.05, 0) is 44.4 Å². The van der Waals surface area contributed by atoms with E-state index in [1.165, 1.54) is 25.7 Å². The van der Waals surface area contributed by atoms with E-state index in [9.17, 15) is 0 Å². The number of hydrogen-bond donors (Lipinski definition) is 0. The molecule has 0 spiro atoms. The number of nitrogens with zero attached hydrogens (tertiary/aromatic N) is 6. The van der Waals surface area contributed by atoms with Gasteiger partial charge in [-0.3, -0.25) is 0 Å². The second-order valence-electron chi connectivity index (χ2n) is 8.06. The van der Waals surface area contributed by atoms with Gasteiger partial charge in [0.15, 0.2) is 0 Å². The third kappa shape index (κ3) is 2.43. The highest BCUT2D eigenvalue weighted by molar-refractivity contribution is 5.38. The van der Waals surface area contributed by atoms with Crippen LogP contribution in [-0.2, 0) is 18.3 Å². The molecule has 0 radical (unpaired) electrons. The molecule has 2 atom stereocenters. The zero-order valence-electron chi connectivity index (χ0n) is 15.6. The summed E-state index contributed by atoms with van der Waals surface area (Å²) in [6.07, 6.45) is 7.69. The summed E-state index contributed by atoms with van der Waals surface area (Å²) < 4.78 is 6.16. The normalized spacial score (nSPS) is 27.9. The minimum absolute atomic E-state index is 0.0285. The Morgan fingerprint density at radius 2 is 1.88 bits per heavy atom. The van der Waals surface area contributed by atoms with E-state index in [2.05, 4.69) is 39.1 Å². The van der Waals surface area contributed by atoms with E-state index >= 15 is 0 Å². The van der Waals surface area contributed by atoms with E-state index in [4.69, 9.17) is 9.40 Å². The summed E-state index contributed by atoms with van der Waals surface area (Å²) in [6, 6.07) is 0. The Bertz CT molecular complexity index is 816. The van der Waals surface area contributed by atoms with E-state index in [0.29, 0.717) is 11.8 Å². The third-order valence-corrected chi connectivity index (χ3v) is 6.44. The standard InChI is InChI=1S/C19H26N6O/c1-3-14-15(4-2)21-24-18(20-14)25-10-13-6-5-9-19(13,11-25)17-23-22-16(26-17)12-7-8-12/h12-13H,3-11H2,1-2H3/t13-,19-/m0/s1. The highest BCUT2D eigenvalue weighted by Crippen LogP contribution is 2.51. The van der Waals surface area contributed by atoms with Gasteiger partial charge in [-0.15, -0.1) is 15.3 Å². The maximum atomic E-state index is 6.16. The van der Waals surface area contributed by atoms with Crippen molar-refractivity contribution in [2.24, 2.45) is 5.92 Å². The van der Waals surface area contributed by atoms with Crippen LogP contribution in [0.3, 0.4) is 0 Å². The van der Waals surface area contributed by atoms with E-state index < -0.39 is 0 Å². The molecule has 7 nitrogen and oxygen atoms in total. The SMILES string of the molecule is CCc1nnc(N2C[C@@H]3CCC[C@]3(c3nnc(C4CC4)o3)C2)nc1CC. The molecule has 2 aromatic heterocycles. The smallest absolute Gasteiger partial charge is 0.245 e. The van der Waals surface area contributed by atoms with Gasteiger partial charge in [0.1, 0.15) is 0 Å². The third-order valence-electron chi connectivity index (χ3n) is 6.44. The maximum absolute atomic E-state index is 6.16. The van der Waals surface area contributed by atoms with Crippen molar-refractivity contribution in [1.82, 2.24) is 25.4 Å². The molecule has 2 saturated carbocycles. The zero-order valence-corrected chi connectivity index (χ0v) is 15.6. The molecule has 0 bridgehead atoms. The molecule has 0 unspecified atom stereocenters. The lowest BCUT2D eigenvalue weighted by Gasteiger charge is -2.24. The molecule has 2 aliphatic carbocycles. The number of anilines is 1. The Kier molecular flexibility index (Phi) is 3.72. The van der Waals surface area contributed by atoms with Crippen molar-refractivity contribution in [1.29, 1.82) is 0 Å². The summed E-state index contributed by atoms with van der Waals surface area (Å²) in [7, 11) is 0. The highest BCUT2D eigenvalue weighted by Gasteiger charge is 2.55. The average Bonchev–Trinajstić information content (AvgIpc) is 3.09. The van der Waals surface area contributed by atoms with Crippen LogP contribution in [-0.4, -0.2) is 38.5 Å². The number of aryl methyl sites for hydroxylation is 2. The monoisotopic (exact) mass is 354 g/mol. The van der Waals surface area contributed by atoms with E-state index in [1.54, 1.807) is 0 Å². The lowest BCUT2D eigenvalue weighted by atomic mass is 9.80. The van der Waals surface area contributed by atoms with Gasteiger partial charge in [0.2, 0.25) is 17.7 Å². The molecule has 7 heteroatoms. The molecule has 138 valence electrons. The summed E-state index contributed by atoms with van der Waals surface area (Å²) in [4.78, 5) is 7.11. The average molecular weight is 354 g/mol. The molecule has 3 aliphatic rings. The van der Waals surface area contributed by atoms with Crippen molar-refractivity contribution in [2.75, 3.05) is 18.0 Å². The fourth-order valence-electron chi connectivity index (χ4n) is 4.78. The minimum Gasteiger partial charge on any atom is -0.424 e. The van der Waals surface area contributed by atoms with Gasteiger partial charge in [0.25, 0.3) is 0 Å². The molecule has 3 fully saturated rings. The van der Waals surface area contributed by atoms with Gasteiger partial charge in [-0.2, -0.15) is 5.10 Å². The molecular formula is C19H26N6O. The second-order valence-corrected chi connectivity index (χ2v) is 8.06. The summed E-state index contributed by atoms with van der Waals surface area (Å²) in [5.74, 6) is 3.49. The quantitative estimate of drug-likeness (QED) is 0.816. The van der Waals surface area contributed by atoms with Crippen LogP contribution in [0, 0.1) is 5.92 Å². The van der Waals surface area contributed by atoms with E-state index in [-0.39, 0.29) is 5.41 Å². The molecule has 5 rings (SSSR count). The first kappa shape index (κ1) is 16.1. The van der Waals surface area contributed by atoms with Gasteiger partial charge >= 0.3 is 0 Å². The molecule has 26 heavy (non-hydrogen) atoms. The Labute approximate surface area is 153 Å². The summed E-state index contributed by atoms with van der Waals surface area (Å²) >= 11 is 0. The predicted octanol–water partition coefficient (Wildman–Crippen LogP) is 2.81. The molecule has 0 aromatic carbocycles. The molecule has 1 aliphatic heterocycles. The van der Waals surface area contributed by atoms with Gasteiger partial charge in [0.05, 0.1) is 16.8 Å². The van der Waals surface area contributed by atoms with Gasteiger partial charge < -0.3 is 9.32 Å². The molecule has 0 N–H and O–H groups in total. The number of hydrogen-bond acceptors (Lipinski definition) is 7. The highest BCUT2D eigenvalue weighted by atomic mass is 16.4. The number of fused-ring (bicyclic) bond motifs is 1. The Morgan fingerprint density at radius 1 is 1.04 bits per heavy atom. The van der Waals surface area contributed by atoms with Crippen LogP contribution in [0.4, 0.5) is 5.95 Å². The molecule has 1 saturated heterocycles. The van der Waals surface area contributed by atoms with Gasteiger partial charge in [0, 0.05) is 19.0 Å². The molecule has 0 amide bonds. The van der Waals surface area contributed by atoms with Crippen LogP contribution >= 0.6 is 0 Å². The van der Waals surface area contributed by atoms with Crippen LogP contribution < -0.4 is 4.90 Å². The fraction of sp³-hybridized carbons (Fsp3) is 0.737. The van der Waals surface area contributed by atoms with Crippen molar-refractivity contribution >= 4 is 5.95 Å². The molecule has 2 aromatic rings. The van der Waals surface area contributed by atoms with Crippen molar-refractivity contribution < 1.29 is 4.42 Å². The van der Waals surface area contributed by atoms with E-state index in [1.807, 2.05) is 0 Å². The van der Waals surface area contributed by atoms with Crippen molar-refractivity contribution in [3.8, 4) is 0 Å². The first-order chi connectivity index (χ1) is 12.7. The van der Waals surface area contributed by atoms with Crippen molar-refractivity contribution in [2.45, 2.75) is 70.1 Å². The summed E-state index contributed by atoms with van der Waals surface area (Å²) in [5.41, 5.74) is 2.05. The summed E-state index contributed by atoms with van der Waals surface area (Å²) in [5, 5.41) is 17.7. The Morgan fingerprint density at radius 3 is 2.65 bits per heavy atom. The van der Waals surface area contributed by atoms with Gasteiger partial charge in [-0.25, -0.2) is 4.98 Å².